The van der Waals surface area contributed by atoms with Gasteiger partial charge in [-0.3, -0.25) is 9.59 Å². The van der Waals surface area contributed by atoms with Gasteiger partial charge in [-0.2, -0.15) is 0 Å². The van der Waals surface area contributed by atoms with Crippen LogP contribution in [0.2, 0.25) is 0 Å². The first-order valence-corrected chi connectivity index (χ1v) is 8.75. The van der Waals surface area contributed by atoms with Crippen LogP contribution in [0.3, 0.4) is 0 Å². The van der Waals surface area contributed by atoms with Gasteiger partial charge >= 0.3 is 0 Å². The molecule has 3 rings (SSSR count). The molecule has 0 aliphatic heterocycles. The second-order valence-corrected chi connectivity index (χ2v) is 6.63. The second-order valence-electron chi connectivity index (χ2n) is 6.63. The van der Waals surface area contributed by atoms with Crippen LogP contribution in [-0.4, -0.2) is 18.9 Å². The van der Waals surface area contributed by atoms with E-state index in [1.165, 1.54) is 0 Å². The van der Waals surface area contributed by atoms with Gasteiger partial charge in [-0.15, -0.1) is 0 Å². The Morgan fingerprint density at radius 2 is 1.80 bits per heavy atom. The van der Waals surface area contributed by atoms with E-state index in [1.807, 2.05) is 55.5 Å². The molecule has 0 radical (unpaired) electrons. The van der Waals surface area contributed by atoms with Crippen molar-refractivity contribution in [2.45, 2.75) is 26.7 Å². The molecule has 2 unspecified atom stereocenters. The molecule has 1 aliphatic carbocycles. The van der Waals surface area contributed by atoms with Crippen molar-refractivity contribution in [2.75, 3.05) is 17.3 Å². The third-order valence-corrected chi connectivity index (χ3v) is 4.91. The van der Waals surface area contributed by atoms with Gasteiger partial charge in [0.1, 0.15) is 0 Å². The summed E-state index contributed by atoms with van der Waals surface area (Å²) in [6.45, 7) is 4.07. The summed E-state index contributed by atoms with van der Waals surface area (Å²) in [5.74, 6) is -0.502. The molecule has 0 spiro atoms. The lowest BCUT2D eigenvalue weighted by atomic mass is 10.1. The Morgan fingerprint density at radius 3 is 2.48 bits per heavy atom. The minimum absolute atomic E-state index is 0.00634. The molecule has 0 heterocycles. The lowest BCUT2D eigenvalue weighted by molar-refractivity contribution is -0.123. The van der Waals surface area contributed by atoms with Gasteiger partial charge in [0.05, 0.1) is 11.8 Å². The van der Waals surface area contributed by atoms with Crippen LogP contribution in [0.4, 0.5) is 11.4 Å². The molecule has 4 heteroatoms. The Labute approximate surface area is 148 Å². The van der Waals surface area contributed by atoms with Gasteiger partial charge < -0.3 is 10.2 Å². The van der Waals surface area contributed by atoms with Gasteiger partial charge in [0, 0.05) is 18.4 Å². The highest BCUT2D eigenvalue weighted by molar-refractivity contribution is 6.04. The van der Waals surface area contributed by atoms with Crippen molar-refractivity contribution in [1.82, 2.24) is 0 Å². The third-order valence-electron chi connectivity index (χ3n) is 4.91. The zero-order valence-corrected chi connectivity index (χ0v) is 15.0. The maximum absolute atomic E-state index is 12.6. The standard InChI is InChI=1S/C21H24N2O2/c1-4-15-10-8-9-14(2)19(15)22-20(24)17-13-18(17)21(25)23(3)16-11-6-5-7-12-16/h5-12,17-18H,4,13H2,1-3H3,(H,22,24). The first kappa shape index (κ1) is 17.2. The summed E-state index contributed by atoms with van der Waals surface area (Å²) in [7, 11) is 1.77. The zero-order valence-electron chi connectivity index (χ0n) is 15.0. The molecule has 2 aromatic carbocycles. The van der Waals surface area contributed by atoms with Crippen LogP contribution in [0.5, 0.6) is 0 Å². The van der Waals surface area contributed by atoms with Crippen molar-refractivity contribution in [3.8, 4) is 0 Å². The van der Waals surface area contributed by atoms with Crippen LogP contribution in [-0.2, 0) is 16.0 Å². The number of carbonyl (C=O) groups is 2. The summed E-state index contributed by atoms with van der Waals surface area (Å²) in [6.07, 6.45) is 1.48. The zero-order chi connectivity index (χ0) is 18.0. The first-order chi connectivity index (χ1) is 12.0. The molecule has 2 amide bonds. The lowest BCUT2D eigenvalue weighted by Gasteiger charge is -2.17. The summed E-state index contributed by atoms with van der Waals surface area (Å²) < 4.78 is 0. The summed E-state index contributed by atoms with van der Waals surface area (Å²) in [5.41, 5.74) is 3.92. The Hall–Kier alpha value is -2.62. The predicted octanol–water partition coefficient (Wildman–Crippen LogP) is 3.80. The number of carbonyl (C=O) groups excluding carboxylic acids is 2. The summed E-state index contributed by atoms with van der Waals surface area (Å²) in [6, 6.07) is 15.5. The number of rotatable bonds is 5. The molecule has 130 valence electrons. The quantitative estimate of drug-likeness (QED) is 0.903. The Kier molecular flexibility index (Phi) is 4.88. The average molecular weight is 336 g/mol. The van der Waals surface area contributed by atoms with E-state index in [1.54, 1.807) is 11.9 Å². The third kappa shape index (κ3) is 3.58. The molecule has 1 fully saturated rings. The molecule has 1 N–H and O–H groups in total. The monoisotopic (exact) mass is 336 g/mol. The van der Waals surface area contributed by atoms with Gasteiger partial charge in [0.2, 0.25) is 11.8 Å². The van der Waals surface area contributed by atoms with Crippen LogP contribution in [0.1, 0.15) is 24.5 Å². The number of para-hydroxylation sites is 2. The van der Waals surface area contributed by atoms with E-state index in [-0.39, 0.29) is 23.7 Å². The summed E-state index contributed by atoms with van der Waals surface area (Å²) in [4.78, 5) is 26.8. The first-order valence-electron chi connectivity index (χ1n) is 8.75. The van der Waals surface area contributed by atoms with Gasteiger partial charge in [0.15, 0.2) is 0 Å². The highest BCUT2D eigenvalue weighted by Crippen LogP contribution is 2.41. The lowest BCUT2D eigenvalue weighted by Crippen LogP contribution is -2.29. The molecule has 2 atom stereocenters. The average Bonchev–Trinajstić information content (AvgIpc) is 3.43. The van der Waals surface area contributed by atoms with Gasteiger partial charge in [0.25, 0.3) is 0 Å². The minimum Gasteiger partial charge on any atom is -0.325 e. The molecule has 4 nitrogen and oxygen atoms in total. The number of anilines is 2. The predicted molar refractivity (Wildman–Crippen MR) is 101 cm³/mol. The summed E-state index contributed by atoms with van der Waals surface area (Å²) >= 11 is 0. The molecule has 1 saturated carbocycles. The fourth-order valence-corrected chi connectivity index (χ4v) is 3.20. The molecule has 1 aliphatic rings. The number of hydrogen-bond acceptors (Lipinski definition) is 2. The van der Waals surface area contributed by atoms with Crippen molar-refractivity contribution in [2.24, 2.45) is 11.8 Å². The van der Waals surface area contributed by atoms with Crippen LogP contribution in [0, 0.1) is 18.8 Å². The van der Waals surface area contributed by atoms with Gasteiger partial charge in [-0.25, -0.2) is 0 Å². The minimum atomic E-state index is -0.233. The topological polar surface area (TPSA) is 49.4 Å². The fraction of sp³-hybridized carbons (Fsp3) is 0.333. The number of hydrogen-bond donors (Lipinski definition) is 1. The number of amides is 2. The van der Waals surface area contributed by atoms with E-state index in [9.17, 15) is 9.59 Å². The SMILES string of the molecule is CCc1cccc(C)c1NC(=O)C1CC1C(=O)N(C)c1ccccc1. The maximum atomic E-state index is 12.6. The van der Waals surface area contributed by atoms with Crippen LogP contribution in [0.25, 0.3) is 0 Å². The Balaban J connectivity index is 1.66. The van der Waals surface area contributed by atoms with Gasteiger partial charge in [-0.05, 0) is 43.0 Å². The fourth-order valence-electron chi connectivity index (χ4n) is 3.20. The van der Waals surface area contributed by atoms with Crippen LogP contribution in [0.15, 0.2) is 48.5 Å². The van der Waals surface area contributed by atoms with Crippen molar-refractivity contribution in [3.63, 3.8) is 0 Å². The second kappa shape index (κ2) is 7.09. The van der Waals surface area contributed by atoms with Gasteiger partial charge in [-0.1, -0.05) is 43.3 Å². The van der Waals surface area contributed by atoms with E-state index >= 15 is 0 Å². The van der Waals surface area contributed by atoms with E-state index in [2.05, 4.69) is 12.2 Å². The highest BCUT2D eigenvalue weighted by Gasteiger charge is 2.49. The number of nitrogens with one attached hydrogen (secondary N) is 1. The van der Waals surface area contributed by atoms with Crippen LogP contribution >= 0.6 is 0 Å². The van der Waals surface area contributed by atoms with Crippen molar-refractivity contribution in [1.29, 1.82) is 0 Å². The summed E-state index contributed by atoms with van der Waals surface area (Å²) in [5, 5.41) is 3.05. The van der Waals surface area contributed by atoms with E-state index < -0.39 is 0 Å². The normalized spacial score (nSPS) is 18.5. The van der Waals surface area contributed by atoms with Crippen molar-refractivity contribution < 1.29 is 9.59 Å². The number of aryl methyl sites for hydroxylation is 2. The number of benzene rings is 2. The molecule has 0 saturated heterocycles. The molecule has 0 aromatic heterocycles. The van der Waals surface area contributed by atoms with Crippen molar-refractivity contribution >= 4 is 23.2 Å². The smallest absolute Gasteiger partial charge is 0.230 e. The van der Waals surface area contributed by atoms with E-state index in [0.717, 1.165) is 28.9 Å². The van der Waals surface area contributed by atoms with Crippen molar-refractivity contribution in [3.05, 3.63) is 59.7 Å². The Morgan fingerprint density at radius 1 is 1.08 bits per heavy atom. The molecule has 0 bridgehead atoms. The molecule has 2 aromatic rings. The number of nitrogens with zero attached hydrogens (tertiary/aromatic N) is 1. The molecular formula is C21H24N2O2. The Bertz CT molecular complexity index is 786. The van der Waals surface area contributed by atoms with Crippen LogP contribution < -0.4 is 10.2 Å². The molecular weight excluding hydrogens is 312 g/mol. The van der Waals surface area contributed by atoms with E-state index in [4.69, 9.17) is 0 Å². The highest BCUT2D eigenvalue weighted by atomic mass is 16.2. The largest absolute Gasteiger partial charge is 0.325 e. The molecule has 25 heavy (non-hydrogen) atoms. The maximum Gasteiger partial charge on any atom is 0.230 e. The van der Waals surface area contributed by atoms with E-state index in [0.29, 0.717) is 6.42 Å².